The van der Waals surface area contributed by atoms with Crippen LogP contribution in [0.4, 0.5) is 10.1 Å². The molecule has 1 aliphatic carbocycles. The Morgan fingerprint density at radius 2 is 2.05 bits per heavy atom. The van der Waals surface area contributed by atoms with Crippen molar-refractivity contribution in [2.24, 2.45) is 5.92 Å². The number of hydrogen-bond donors (Lipinski definition) is 2. The van der Waals surface area contributed by atoms with Gasteiger partial charge < -0.3 is 14.8 Å². The van der Waals surface area contributed by atoms with Crippen LogP contribution in [0.1, 0.15) is 53.6 Å². The maximum Gasteiger partial charge on any atom is 0.343 e. The Kier molecular flexibility index (Phi) is 6.84. The molecule has 2 aromatic rings. The van der Waals surface area contributed by atoms with Crippen LogP contribution in [0.25, 0.3) is 0 Å². The van der Waals surface area contributed by atoms with Crippen molar-refractivity contribution in [2.45, 2.75) is 49.6 Å². The Balaban J connectivity index is 1.42. The first-order valence-corrected chi connectivity index (χ1v) is 13.9. The number of anilines is 1. The summed E-state index contributed by atoms with van der Waals surface area (Å²) >= 11 is 0. The molecule has 0 bridgehead atoms. The molecular formula is C26H30FN3O6S. The zero-order valence-electron chi connectivity index (χ0n) is 20.8. The van der Waals surface area contributed by atoms with Crippen LogP contribution in [-0.4, -0.2) is 58.0 Å². The van der Waals surface area contributed by atoms with Crippen LogP contribution < -0.4 is 14.8 Å². The molecule has 198 valence electrons. The molecular weight excluding hydrogens is 501 g/mol. The normalized spacial score (nSPS) is 22.4. The second-order valence-corrected chi connectivity index (χ2v) is 11.3. The lowest BCUT2D eigenvalue weighted by Gasteiger charge is -2.23. The summed E-state index contributed by atoms with van der Waals surface area (Å²) in [6.07, 6.45) is 2.58. The van der Waals surface area contributed by atoms with Crippen molar-refractivity contribution in [3.63, 3.8) is 0 Å². The van der Waals surface area contributed by atoms with Crippen LogP contribution in [0.5, 0.6) is 5.75 Å². The molecule has 2 heterocycles. The number of methoxy groups -OCH3 is 1. The molecule has 5 rings (SSSR count). The number of nitrogens with one attached hydrogen (secondary N) is 2. The molecule has 0 aromatic heterocycles. The quantitative estimate of drug-likeness (QED) is 0.504. The number of nitrogens with zero attached hydrogens (tertiary/aromatic N) is 1. The summed E-state index contributed by atoms with van der Waals surface area (Å²) in [5, 5.41) is 2.76. The van der Waals surface area contributed by atoms with Gasteiger partial charge >= 0.3 is 5.97 Å². The van der Waals surface area contributed by atoms with E-state index in [0.717, 1.165) is 49.7 Å². The Bertz CT molecular complexity index is 1350. The predicted octanol–water partition coefficient (Wildman–Crippen LogP) is 3.01. The second kappa shape index (κ2) is 9.94. The number of likely N-dealkylation sites (N-methyl/N-ethyl adjacent to an activating group) is 1. The fraction of sp³-hybridized carbons (Fsp3) is 0.462. The summed E-state index contributed by atoms with van der Waals surface area (Å²) in [4.78, 5) is 27.3. The van der Waals surface area contributed by atoms with Crippen molar-refractivity contribution in [1.82, 2.24) is 10.2 Å². The molecule has 3 atom stereocenters. The number of benzene rings is 2. The highest BCUT2D eigenvalue weighted by molar-refractivity contribution is 7.92. The van der Waals surface area contributed by atoms with Gasteiger partial charge in [-0.1, -0.05) is 13.0 Å². The number of sulfonamides is 1. The molecule has 0 radical (unpaired) electrons. The zero-order chi connectivity index (χ0) is 26.3. The minimum absolute atomic E-state index is 0.00628. The predicted molar refractivity (Wildman–Crippen MR) is 133 cm³/mol. The summed E-state index contributed by atoms with van der Waals surface area (Å²) in [7, 11) is -3.06. The molecule has 2 aromatic carbocycles. The molecule has 37 heavy (non-hydrogen) atoms. The standard InChI is InChI=1S/C26H30FN3O6S/c1-3-30-10-4-5-21(30)25(31)28-13-15-11-17(27)6-9-22(15)37(33,34)29-20-8-7-18-19-12-16(19)14-36-24(18)23(20)26(32)35-2/h6-9,11,16,19,21,29H,3-5,10,12-14H2,1-2H3,(H,28,31). The summed E-state index contributed by atoms with van der Waals surface area (Å²) in [6.45, 7) is 3.83. The van der Waals surface area contributed by atoms with E-state index in [2.05, 4.69) is 14.9 Å². The molecule has 0 spiro atoms. The monoisotopic (exact) mass is 531 g/mol. The van der Waals surface area contributed by atoms with Crippen molar-refractivity contribution in [1.29, 1.82) is 0 Å². The van der Waals surface area contributed by atoms with Gasteiger partial charge in [0.2, 0.25) is 5.91 Å². The molecule has 3 aliphatic rings. The van der Waals surface area contributed by atoms with Crippen molar-refractivity contribution < 1.29 is 31.9 Å². The van der Waals surface area contributed by atoms with Gasteiger partial charge in [-0.15, -0.1) is 0 Å². The number of likely N-dealkylation sites (tertiary alicyclic amines) is 1. The third-order valence-corrected chi connectivity index (χ3v) is 8.89. The van der Waals surface area contributed by atoms with Gasteiger partial charge in [0.15, 0.2) is 0 Å². The van der Waals surface area contributed by atoms with Crippen LogP contribution in [0, 0.1) is 11.7 Å². The first kappa shape index (κ1) is 25.5. The lowest BCUT2D eigenvalue weighted by Crippen LogP contribution is -2.43. The van der Waals surface area contributed by atoms with E-state index in [0.29, 0.717) is 24.7 Å². The highest BCUT2D eigenvalue weighted by Gasteiger charge is 2.45. The van der Waals surface area contributed by atoms with Crippen molar-refractivity contribution >= 4 is 27.6 Å². The van der Waals surface area contributed by atoms with Gasteiger partial charge in [0.05, 0.1) is 30.3 Å². The fourth-order valence-corrected chi connectivity index (χ4v) is 6.68. The van der Waals surface area contributed by atoms with Gasteiger partial charge in [-0.25, -0.2) is 17.6 Å². The molecule has 1 saturated carbocycles. The Morgan fingerprint density at radius 3 is 2.81 bits per heavy atom. The van der Waals surface area contributed by atoms with Gasteiger partial charge in [0, 0.05) is 12.5 Å². The van der Waals surface area contributed by atoms with E-state index in [1.54, 1.807) is 6.07 Å². The van der Waals surface area contributed by atoms with Crippen LogP contribution in [0.2, 0.25) is 0 Å². The molecule has 11 heteroatoms. The topological polar surface area (TPSA) is 114 Å². The lowest BCUT2D eigenvalue weighted by atomic mass is 10.0. The van der Waals surface area contributed by atoms with E-state index >= 15 is 0 Å². The average molecular weight is 532 g/mol. The fourth-order valence-electron chi connectivity index (χ4n) is 5.39. The number of fused-ring (bicyclic) bond motifs is 3. The smallest absolute Gasteiger partial charge is 0.343 e. The van der Waals surface area contributed by atoms with Gasteiger partial charge in [0.25, 0.3) is 10.0 Å². The van der Waals surface area contributed by atoms with Crippen LogP contribution in [0.15, 0.2) is 35.2 Å². The van der Waals surface area contributed by atoms with E-state index in [1.807, 2.05) is 6.92 Å². The highest BCUT2D eigenvalue weighted by atomic mass is 32.2. The summed E-state index contributed by atoms with van der Waals surface area (Å²) < 4.78 is 54.3. The number of hydrogen-bond acceptors (Lipinski definition) is 7. The first-order chi connectivity index (χ1) is 17.7. The highest BCUT2D eigenvalue weighted by Crippen LogP contribution is 2.55. The van der Waals surface area contributed by atoms with Gasteiger partial charge in [-0.05, 0) is 73.7 Å². The van der Waals surface area contributed by atoms with Crippen molar-refractivity contribution in [3.8, 4) is 5.75 Å². The van der Waals surface area contributed by atoms with E-state index in [-0.39, 0.29) is 46.1 Å². The lowest BCUT2D eigenvalue weighted by molar-refractivity contribution is -0.125. The average Bonchev–Trinajstić information content (AvgIpc) is 3.53. The summed E-state index contributed by atoms with van der Waals surface area (Å²) in [5.74, 6) is -0.555. The van der Waals surface area contributed by atoms with Gasteiger partial charge in [-0.3, -0.25) is 14.4 Å². The second-order valence-electron chi connectivity index (χ2n) is 9.67. The summed E-state index contributed by atoms with van der Waals surface area (Å²) in [5.41, 5.74) is 0.967. The SMILES string of the molecule is CCN1CCCC1C(=O)NCc1cc(F)ccc1S(=O)(=O)Nc1ccc2c(c1C(=O)OC)OCC1CC21. The maximum absolute atomic E-state index is 14.1. The molecule has 3 unspecified atom stereocenters. The van der Waals surface area contributed by atoms with Gasteiger partial charge in [-0.2, -0.15) is 0 Å². The Hall–Kier alpha value is -3.18. The number of esters is 1. The maximum atomic E-state index is 14.1. The third kappa shape index (κ3) is 4.89. The molecule has 2 fully saturated rings. The van der Waals surface area contributed by atoms with E-state index in [1.165, 1.54) is 13.2 Å². The van der Waals surface area contributed by atoms with E-state index in [9.17, 15) is 22.4 Å². The van der Waals surface area contributed by atoms with Crippen LogP contribution >= 0.6 is 0 Å². The molecule has 1 amide bonds. The van der Waals surface area contributed by atoms with Gasteiger partial charge in [0.1, 0.15) is 17.1 Å². The number of carbonyl (C=O) groups is 2. The molecule has 2 N–H and O–H groups in total. The number of carbonyl (C=O) groups excluding carboxylic acids is 2. The Morgan fingerprint density at radius 1 is 1.24 bits per heavy atom. The minimum Gasteiger partial charge on any atom is -0.492 e. The molecule has 2 aliphatic heterocycles. The van der Waals surface area contributed by atoms with E-state index in [4.69, 9.17) is 9.47 Å². The van der Waals surface area contributed by atoms with Crippen LogP contribution in [0.3, 0.4) is 0 Å². The van der Waals surface area contributed by atoms with Crippen LogP contribution in [-0.2, 0) is 26.1 Å². The first-order valence-electron chi connectivity index (χ1n) is 12.4. The van der Waals surface area contributed by atoms with E-state index < -0.39 is 21.8 Å². The molecule has 1 saturated heterocycles. The van der Waals surface area contributed by atoms with Crippen molar-refractivity contribution in [2.75, 3.05) is 31.5 Å². The number of halogens is 1. The molecule has 9 nitrogen and oxygen atoms in total. The largest absolute Gasteiger partial charge is 0.492 e. The summed E-state index contributed by atoms with van der Waals surface area (Å²) in [6, 6.07) is 6.27. The van der Waals surface area contributed by atoms with Crippen molar-refractivity contribution in [3.05, 3.63) is 52.8 Å². The number of rotatable bonds is 8. The number of amides is 1. The Labute approximate surface area is 215 Å². The zero-order valence-corrected chi connectivity index (χ0v) is 21.6. The minimum atomic E-state index is -4.28. The number of ether oxygens (including phenoxy) is 2. The third-order valence-electron chi connectivity index (χ3n) is 7.42.